The van der Waals surface area contributed by atoms with Crippen LogP contribution < -0.4 is 16.6 Å². The zero-order chi connectivity index (χ0) is 14.4. The fourth-order valence-corrected chi connectivity index (χ4v) is 3.37. The molecule has 1 heterocycles. The molecular formula is C13H23N5OS. The van der Waals surface area contributed by atoms with E-state index in [1.165, 1.54) is 25.7 Å². The maximum atomic E-state index is 5.45. The van der Waals surface area contributed by atoms with Crippen LogP contribution in [-0.4, -0.2) is 34.6 Å². The zero-order valence-corrected chi connectivity index (χ0v) is 12.9. The maximum Gasteiger partial charge on any atom is 0.158 e. The Kier molecular flexibility index (Phi) is 5.87. The Morgan fingerprint density at radius 3 is 2.90 bits per heavy atom. The molecule has 1 aliphatic rings. The lowest BCUT2D eigenvalue weighted by molar-refractivity contribution is 0.178. The van der Waals surface area contributed by atoms with Crippen LogP contribution in [0.3, 0.4) is 0 Å². The van der Waals surface area contributed by atoms with Gasteiger partial charge in [-0.1, -0.05) is 6.42 Å². The number of thioether (sulfide) groups is 1. The second-order valence-corrected chi connectivity index (χ2v) is 6.14. The molecule has 1 fully saturated rings. The maximum absolute atomic E-state index is 5.45. The van der Waals surface area contributed by atoms with E-state index in [1.54, 1.807) is 7.11 Å². The fourth-order valence-electron chi connectivity index (χ4n) is 2.54. The van der Waals surface area contributed by atoms with E-state index in [0.29, 0.717) is 24.3 Å². The first-order chi connectivity index (χ1) is 9.75. The summed E-state index contributed by atoms with van der Waals surface area (Å²) in [5, 5.41) is 4.25. The molecule has 0 bridgehead atoms. The van der Waals surface area contributed by atoms with Crippen molar-refractivity contribution < 1.29 is 4.74 Å². The number of hydrogen-bond donors (Lipinski definition) is 3. The first-order valence-electron chi connectivity index (χ1n) is 6.88. The lowest BCUT2D eigenvalue weighted by atomic mass is 9.95. The molecule has 20 heavy (non-hydrogen) atoms. The molecule has 1 aromatic heterocycles. The molecule has 6 nitrogen and oxygen atoms in total. The number of ether oxygens (including phenoxy) is 1. The van der Waals surface area contributed by atoms with E-state index in [2.05, 4.69) is 27.0 Å². The van der Waals surface area contributed by atoms with E-state index in [4.69, 9.17) is 10.6 Å². The molecule has 2 rings (SSSR count). The Morgan fingerprint density at radius 1 is 1.40 bits per heavy atom. The number of nitrogen functional groups attached to an aromatic ring is 1. The molecule has 7 heteroatoms. The van der Waals surface area contributed by atoms with Gasteiger partial charge in [-0.25, -0.2) is 15.8 Å². The SMILES string of the molecule is COCc1nc(NN)cc(NC2CCCC(SC)C2)n1. The van der Waals surface area contributed by atoms with Crippen LogP contribution in [0, 0.1) is 0 Å². The van der Waals surface area contributed by atoms with Gasteiger partial charge in [-0.2, -0.15) is 11.8 Å². The van der Waals surface area contributed by atoms with Crippen LogP contribution in [0.15, 0.2) is 6.07 Å². The van der Waals surface area contributed by atoms with Gasteiger partial charge in [0.25, 0.3) is 0 Å². The van der Waals surface area contributed by atoms with Gasteiger partial charge >= 0.3 is 0 Å². The molecule has 1 saturated carbocycles. The molecule has 0 aromatic carbocycles. The highest BCUT2D eigenvalue weighted by atomic mass is 32.2. The number of nitrogens with zero attached hydrogens (tertiary/aromatic N) is 2. The van der Waals surface area contributed by atoms with Crippen molar-refractivity contribution in [3.63, 3.8) is 0 Å². The van der Waals surface area contributed by atoms with Crippen molar-refractivity contribution in [1.82, 2.24) is 9.97 Å². The summed E-state index contributed by atoms with van der Waals surface area (Å²) in [6, 6.07) is 2.30. The quantitative estimate of drug-likeness (QED) is 0.547. The summed E-state index contributed by atoms with van der Waals surface area (Å²) in [6.07, 6.45) is 7.13. The van der Waals surface area contributed by atoms with Gasteiger partial charge in [0.05, 0.1) is 0 Å². The summed E-state index contributed by atoms with van der Waals surface area (Å²) in [5.41, 5.74) is 2.57. The summed E-state index contributed by atoms with van der Waals surface area (Å²) in [7, 11) is 1.63. The highest BCUT2D eigenvalue weighted by Gasteiger charge is 2.21. The average molecular weight is 297 g/mol. The van der Waals surface area contributed by atoms with Crippen molar-refractivity contribution in [2.75, 3.05) is 24.1 Å². The van der Waals surface area contributed by atoms with Crippen LogP contribution in [0.4, 0.5) is 11.6 Å². The fraction of sp³-hybridized carbons (Fsp3) is 0.692. The van der Waals surface area contributed by atoms with Gasteiger partial charge in [-0.05, 0) is 25.5 Å². The van der Waals surface area contributed by atoms with Crippen molar-refractivity contribution in [2.45, 2.75) is 43.6 Å². The van der Waals surface area contributed by atoms with Crippen LogP contribution in [0.2, 0.25) is 0 Å². The van der Waals surface area contributed by atoms with Crippen LogP contribution in [-0.2, 0) is 11.3 Å². The molecule has 0 spiro atoms. The van der Waals surface area contributed by atoms with Gasteiger partial charge in [0.1, 0.15) is 18.2 Å². The highest BCUT2D eigenvalue weighted by Crippen LogP contribution is 2.28. The molecule has 112 valence electrons. The number of nitrogens with two attached hydrogens (primary N) is 1. The van der Waals surface area contributed by atoms with Crippen LogP contribution in [0.1, 0.15) is 31.5 Å². The van der Waals surface area contributed by atoms with Crippen LogP contribution in [0.25, 0.3) is 0 Å². The van der Waals surface area contributed by atoms with Crippen molar-refractivity contribution in [2.24, 2.45) is 5.84 Å². The van der Waals surface area contributed by atoms with E-state index in [0.717, 1.165) is 11.1 Å². The number of aromatic nitrogens is 2. The van der Waals surface area contributed by atoms with Crippen molar-refractivity contribution in [3.8, 4) is 0 Å². The molecule has 4 N–H and O–H groups in total. The summed E-state index contributed by atoms with van der Waals surface area (Å²) in [4.78, 5) is 8.72. The first kappa shape index (κ1) is 15.3. The van der Waals surface area contributed by atoms with Gasteiger partial charge in [-0.3, -0.25) is 0 Å². The lowest BCUT2D eigenvalue weighted by Crippen LogP contribution is -2.29. The minimum Gasteiger partial charge on any atom is -0.377 e. The third-order valence-corrected chi connectivity index (χ3v) is 4.60. The predicted molar refractivity (Wildman–Crippen MR) is 83.7 cm³/mol. The van der Waals surface area contributed by atoms with Gasteiger partial charge in [0.15, 0.2) is 5.82 Å². The number of rotatable bonds is 6. The van der Waals surface area contributed by atoms with E-state index < -0.39 is 0 Å². The third kappa shape index (κ3) is 4.22. The van der Waals surface area contributed by atoms with Gasteiger partial charge in [0.2, 0.25) is 0 Å². The Bertz CT molecular complexity index is 431. The molecule has 1 aromatic rings. The topological polar surface area (TPSA) is 85.1 Å². The Hall–Kier alpha value is -1.05. The second kappa shape index (κ2) is 7.66. The molecule has 0 saturated heterocycles. The van der Waals surface area contributed by atoms with Gasteiger partial charge in [-0.15, -0.1) is 0 Å². The predicted octanol–water partition coefficient (Wildman–Crippen LogP) is 1.99. The summed E-state index contributed by atoms with van der Waals surface area (Å²) >= 11 is 1.95. The summed E-state index contributed by atoms with van der Waals surface area (Å²) in [6.45, 7) is 0.377. The molecule has 0 radical (unpaired) electrons. The Labute approximate surface area is 124 Å². The highest BCUT2D eigenvalue weighted by molar-refractivity contribution is 7.99. The summed E-state index contributed by atoms with van der Waals surface area (Å²) in [5.74, 6) is 7.49. The molecule has 0 aliphatic heterocycles. The minimum atomic E-state index is 0.377. The first-order valence-corrected chi connectivity index (χ1v) is 8.16. The molecule has 0 amide bonds. The van der Waals surface area contributed by atoms with Crippen molar-refractivity contribution in [1.29, 1.82) is 0 Å². The number of nitrogens with one attached hydrogen (secondary N) is 2. The molecule has 2 unspecified atom stereocenters. The van der Waals surface area contributed by atoms with Crippen LogP contribution in [0.5, 0.6) is 0 Å². The summed E-state index contributed by atoms with van der Waals surface area (Å²) < 4.78 is 5.08. The smallest absolute Gasteiger partial charge is 0.158 e. The van der Waals surface area contributed by atoms with Crippen molar-refractivity contribution in [3.05, 3.63) is 11.9 Å². The van der Waals surface area contributed by atoms with Crippen molar-refractivity contribution >= 4 is 23.4 Å². The third-order valence-electron chi connectivity index (χ3n) is 3.51. The average Bonchev–Trinajstić information content (AvgIpc) is 2.47. The van der Waals surface area contributed by atoms with E-state index in [1.807, 2.05) is 17.8 Å². The number of hydrazine groups is 1. The molecule has 1 aliphatic carbocycles. The number of methoxy groups -OCH3 is 1. The van der Waals surface area contributed by atoms with E-state index >= 15 is 0 Å². The minimum absolute atomic E-state index is 0.377. The lowest BCUT2D eigenvalue weighted by Gasteiger charge is -2.29. The van der Waals surface area contributed by atoms with E-state index in [9.17, 15) is 0 Å². The largest absolute Gasteiger partial charge is 0.377 e. The normalized spacial score (nSPS) is 22.6. The van der Waals surface area contributed by atoms with Crippen LogP contribution >= 0.6 is 11.8 Å². The molecule has 2 atom stereocenters. The standard InChI is InChI=1S/C13H23N5OS/c1-19-8-13-16-11(7-12(17-13)18-14)15-9-4-3-5-10(6-9)20-2/h7,9-10H,3-6,8,14H2,1-2H3,(H2,15,16,17,18). The van der Waals surface area contributed by atoms with E-state index in [-0.39, 0.29) is 0 Å². The Morgan fingerprint density at radius 2 is 2.20 bits per heavy atom. The molecular weight excluding hydrogens is 274 g/mol. The number of anilines is 2. The van der Waals surface area contributed by atoms with Gasteiger partial charge in [0, 0.05) is 24.5 Å². The number of hydrogen-bond acceptors (Lipinski definition) is 7. The second-order valence-electron chi connectivity index (χ2n) is 5.00. The Balaban J connectivity index is 2.05. The monoisotopic (exact) mass is 297 g/mol. The zero-order valence-electron chi connectivity index (χ0n) is 12.1. The van der Waals surface area contributed by atoms with Gasteiger partial charge < -0.3 is 15.5 Å².